The lowest BCUT2D eigenvalue weighted by Crippen LogP contribution is -2.54. The van der Waals surface area contributed by atoms with Gasteiger partial charge in [-0.1, -0.05) is 40.1 Å². The molecular weight excluding hydrogens is 438 g/mol. The van der Waals surface area contributed by atoms with Gasteiger partial charge in [-0.2, -0.15) is 0 Å². The Kier molecular flexibility index (Phi) is 8.65. The van der Waals surface area contributed by atoms with E-state index in [4.69, 9.17) is 5.73 Å². The Hall–Kier alpha value is -1.75. The third kappa shape index (κ3) is 6.15. The van der Waals surface area contributed by atoms with Crippen molar-refractivity contribution in [3.63, 3.8) is 0 Å². The average molecular weight is 468 g/mol. The van der Waals surface area contributed by atoms with Crippen LogP contribution in [-0.4, -0.2) is 64.2 Å². The highest BCUT2D eigenvalue weighted by molar-refractivity contribution is 8.76. The lowest BCUT2D eigenvalue weighted by atomic mass is 10.0. The Morgan fingerprint density at radius 2 is 2.03 bits per heavy atom. The summed E-state index contributed by atoms with van der Waals surface area (Å²) in [6.45, 7) is 0.860. The summed E-state index contributed by atoms with van der Waals surface area (Å²) in [6.07, 6.45) is 3.09. The van der Waals surface area contributed by atoms with E-state index in [1.165, 1.54) is 15.4 Å². The number of nitrogens with zero attached hydrogens (tertiary/aromatic N) is 1. The van der Waals surface area contributed by atoms with Crippen LogP contribution in [0.3, 0.4) is 0 Å². The first-order chi connectivity index (χ1) is 14.9. The Morgan fingerprint density at radius 3 is 2.74 bits per heavy atom. The van der Waals surface area contributed by atoms with E-state index in [9.17, 15) is 24.6 Å². The molecule has 31 heavy (non-hydrogen) atoms. The Bertz CT molecular complexity index is 822. The van der Waals surface area contributed by atoms with Gasteiger partial charge < -0.3 is 20.8 Å². The summed E-state index contributed by atoms with van der Waals surface area (Å²) in [5.41, 5.74) is 7.68. The Morgan fingerprint density at radius 1 is 1.23 bits per heavy atom. The van der Waals surface area contributed by atoms with Crippen LogP contribution in [0.5, 0.6) is 0 Å². The molecule has 0 bridgehead atoms. The van der Waals surface area contributed by atoms with Crippen LogP contribution in [0.4, 0.5) is 0 Å². The number of rotatable bonds is 11. The molecule has 1 fully saturated rings. The number of unbranched alkanes of at least 4 members (excludes halogenated alkanes) is 1. The van der Waals surface area contributed by atoms with Gasteiger partial charge in [0.2, 0.25) is 5.91 Å². The molecule has 2 heterocycles. The highest BCUT2D eigenvalue weighted by Gasteiger charge is 2.38. The van der Waals surface area contributed by atoms with Crippen LogP contribution in [0.2, 0.25) is 0 Å². The van der Waals surface area contributed by atoms with Crippen molar-refractivity contribution in [2.45, 2.75) is 67.3 Å². The van der Waals surface area contributed by atoms with Gasteiger partial charge in [-0.25, -0.2) is 4.79 Å². The van der Waals surface area contributed by atoms with Crippen LogP contribution >= 0.6 is 21.6 Å². The average Bonchev–Trinajstić information content (AvgIpc) is 3.40. The van der Waals surface area contributed by atoms with Gasteiger partial charge in [-0.3, -0.25) is 14.9 Å². The highest BCUT2D eigenvalue weighted by atomic mass is 33.1. The summed E-state index contributed by atoms with van der Waals surface area (Å²) in [5.74, 6) is -1.49. The van der Waals surface area contributed by atoms with Crippen LogP contribution in [-0.2, 0) is 26.6 Å². The number of carbonyl (C=O) groups excluding carboxylic acids is 1. The zero-order chi connectivity index (χ0) is 22.4. The van der Waals surface area contributed by atoms with Gasteiger partial charge >= 0.3 is 11.9 Å². The van der Waals surface area contributed by atoms with E-state index >= 15 is 0 Å². The molecule has 0 aromatic heterocycles. The summed E-state index contributed by atoms with van der Waals surface area (Å²) in [6, 6.07) is 3.43. The number of carboxylic acid groups (broad SMARTS) is 2. The lowest BCUT2D eigenvalue weighted by molar-refractivity contribution is -0.149. The van der Waals surface area contributed by atoms with Crippen LogP contribution in [0.15, 0.2) is 23.1 Å². The first-order valence-electron chi connectivity index (χ1n) is 10.5. The Labute approximate surface area is 189 Å². The maximum atomic E-state index is 13.2. The standard InChI is InChI=1S/C21H29N3O5S2/c22-8-2-1-4-15(19(25)24-9-3-5-17(24)21(28)29)23-16(20(26)27)11-13-6-7-18-14(10-13)12-30-31-18/h6-7,10,15-17,23H,1-5,8-9,11-12,22H2,(H,26,27)(H,28,29)/t15-,16-,17-/m0/s1. The van der Waals surface area contributed by atoms with Crippen molar-refractivity contribution in [1.29, 1.82) is 0 Å². The molecule has 2 aliphatic heterocycles. The van der Waals surface area contributed by atoms with Gasteiger partial charge in [0.1, 0.15) is 12.1 Å². The number of carbonyl (C=O) groups is 3. The second kappa shape index (κ2) is 11.2. The third-order valence-corrected chi connectivity index (χ3v) is 8.06. The van der Waals surface area contributed by atoms with E-state index < -0.39 is 30.1 Å². The summed E-state index contributed by atoms with van der Waals surface area (Å²) < 4.78 is 0. The summed E-state index contributed by atoms with van der Waals surface area (Å²) >= 11 is 0. The quantitative estimate of drug-likeness (QED) is 0.285. The number of amides is 1. The van der Waals surface area contributed by atoms with Gasteiger partial charge in [-0.05, 0) is 55.8 Å². The number of likely N-dealkylation sites (tertiary alicyclic amines) is 1. The van der Waals surface area contributed by atoms with Gasteiger partial charge in [0.15, 0.2) is 0 Å². The van der Waals surface area contributed by atoms with Crippen LogP contribution < -0.4 is 11.1 Å². The summed E-state index contributed by atoms with van der Waals surface area (Å²) in [7, 11) is 3.48. The third-order valence-electron chi connectivity index (χ3n) is 5.69. The molecule has 1 amide bonds. The number of nitrogens with one attached hydrogen (secondary N) is 1. The normalized spacial score (nSPS) is 19.8. The molecule has 3 rings (SSSR count). The molecule has 0 aliphatic carbocycles. The smallest absolute Gasteiger partial charge is 0.326 e. The van der Waals surface area contributed by atoms with Crippen LogP contribution in [0.1, 0.15) is 43.2 Å². The van der Waals surface area contributed by atoms with E-state index in [-0.39, 0.29) is 12.3 Å². The van der Waals surface area contributed by atoms with Gasteiger partial charge in [-0.15, -0.1) is 0 Å². The number of aliphatic carboxylic acids is 2. The van der Waals surface area contributed by atoms with Gasteiger partial charge in [0, 0.05) is 17.2 Å². The Balaban J connectivity index is 1.74. The molecule has 2 aliphatic rings. The van der Waals surface area contributed by atoms with Gasteiger partial charge in [0.05, 0.1) is 6.04 Å². The van der Waals surface area contributed by atoms with E-state index in [0.717, 1.165) is 11.3 Å². The van der Waals surface area contributed by atoms with Crippen molar-refractivity contribution in [3.05, 3.63) is 29.3 Å². The molecule has 0 radical (unpaired) electrons. The number of fused-ring (bicyclic) bond motifs is 1. The van der Waals surface area contributed by atoms with E-state index in [0.29, 0.717) is 45.2 Å². The van der Waals surface area contributed by atoms with Crippen molar-refractivity contribution in [3.8, 4) is 0 Å². The van der Waals surface area contributed by atoms with Crippen molar-refractivity contribution < 1.29 is 24.6 Å². The molecular formula is C21H29N3O5S2. The molecule has 3 atom stereocenters. The molecule has 0 saturated carbocycles. The fraction of sp³-hybridized carbons (Fsp3) is 0.571. The zero-order valence-corrected chi connectivity index (χ0v) is 18.9. The predicted molar refractivity (Wildman–Crippen MR) is 121 cm³/mol. The van der Waals surface area contributed by atoms with E-state index in [1.807, 2.05) is 18.2 Å². The minimum atomic E-state index is -1.03. The molecule has 0 unspecified atom stereocenters. The van der Waals surface area contributed by atoms with Gasteiger partial charge in [0.25, 0.3) is 0 Å². The minimum absolute atomic E-state index is 0.251. The van der Waals surface area contributed by atoms with E-state index in [1.54, 1.807) is 21.6 Å². The molecule has 170 valence electrons. The van der Waals surface area contributed by atoms with Crippen molar-refractivity contribution >= 4 is 39.4 Å². The second-order valence-electron chi connectivity index (χ2n) is 7.91. The number of nitrogens with two attached hydrogens (primary N) is 1. The fourth-order valence-corrected chi connectivity index (χ4v) is 6.50. The SMILES string of the molecule is NCCCC[C@H](N[C@@H](Cc1ccc2c(c1)CSS2)C(=O)O)C(=O)N1CCC[C@H]1C(=O)O. The zero-order valence-electron chi connectivity index (χ0n) is 17.3. The molecule has 5 N–H and O–H groups in total. The van der Waals surface area contributed by atoms with Crippen LogP contribution in [0.25, 0.3) is 0 Å². The van der Waals surface area contributed by atoms with E-state index in [2.05, 4.69) is 5.32 Å². The second-order valence-corrected chi connectivity index (χ2v) is 10.3. The minimum Gasteiger partial charge on any atom is -0.480 e. The predicted octanol–water partition coefficient (Wildman–Crippen LogP) is 2.10. The molecule has 0 spiro atoms. The summed E-state index contributed by atoms with van der Waals surface area (Å²) in [4.78, 5) is 39.3. The van der Waals surface area contributed by atoms with Crippen molar-refractivity contribution in [1.82, 2.24) is 10.2 Å². The number of benzene rings is 1. The lowest BCUT2D eigenvalue weighted by Gasteiger charge is -2.29. The number of hydrogen-bond donors (Lipinski definition) is 4. The molecule has 8 nitrogen and oxygen atoms in total. The molecule has 10 heteroatoms. The number of hydrogen-bond acceptors (Lipinski definition) is 7. The molecule has 1 saturated heterocycles. The first-order valence-corrected chi connectivity index (χ1v) is 12.9. The fourth-order valence-electron chi connectivity index (χ4n) is 4.06. The largest absolute Gasteiger partial charge is 0.480 e. The highest BCUT2D eigenvalue weighted by Crippen LogP contribution is 2.44. The summed E-state index contributed by atoms with van der Waals surface area (Å²) in [5, 5.41) is 22.3. The van der Waals surface area contributed by atoms with Crippen LogP contribution in [0, 0.1) is 0 Å². The number of carboxylic acids is 2. The monoisotopic (exact) mass is 467 g/mol. The van der Waals surface area contributed by atoms with Crippen molar-refractivity contribution in [2.24, 2.45) is 5.73 Å². The molecule has 1 aromatic rings. The maximum Gasteiger partial charge on any atom is 0.326 e. The topological polar surface area (TPSA) is 133 Å². The maximum absolute atomic E-state index is 13.2. The molecule has 1 aromatic carbocycles. The van der Waals surface area contributed by atoms with Crippen molar-refractivity contribution in [2.75, 3.05) is 13.1 Å². The first kappa shape index (κ1) is 23.9.